The first kappa shape index (κ1) is 12.5. The van der Waals surface area contributed by atoms with Gasteiger partial charge in [-0.05, 0) is 25.2 Å². The van der Waals surface area contributed by atoms with Gasteiger partial charge < -0.3 is 10.4 Å². The van der Waals surface area contributed by atoms with Crippen LogP contribution in [0.2, 0.25) is 0 Å². The molecule has 1 fully saturated rings. The summed E-state index contributed by atoms with van der Waals surface area (Å²) in [7, 11) is 0. The van der Waals surface area contributed by atoms with Crippen molar-refractivity contribution in [2.24, 2.45) is 5.92 Å². The van der Waals surface area contributed by atoms with Crippen molar-refractivity contribution in [3.63, 3.8) is 0 Å². The van der Waals surface area contributed by atoms with E-state index in [-0.39, 0.29) is 6.42 Å². The van der Waals surface area contributed by atoms with Crippen LogP contribution in [-0.2, 0) is 4.79 Å². The van der Waals surface area contributed by atoms with Gasteiger partial charge in [0.1, 0.15) is 0 Å². The van der Waals surface area contributed by atoms with Crippen LogP contribution in [0.5, 0.6) is 0 Å². The standard InChI is InChI=1S/C12H23NO2/c1-2-3-5-10-6-4-7-11(10)13-9-8-12(14)15/h10-11,13H,2-9H2,1H3,(H,14,15). The van der Waals surface area contributed by atoms with Gasteiger partial charge in [0.15, 0.2) is 0 Å². The van der Waals surface area contributed by atoms with Gasteiger partial charge in [0, 0.05) is 12.6 Å². The molecular weight excluding hydrogens is 190 g/mol. The Bertz CT molecular complexity index is 194. The van der Waals surface area contributed by atoms with Crippen molar-refractivity contribution < 1.29 is 9.90 Å². The average molecular weight is 213 g/mol. The molecule has 3 nitrogen and oxygen atoms in total. The molecule has 3 heteroatoms. The third-order valence-corrected chi connectivity index (χ3v) is 3.33. The SMILES string of the molecule is CCCCC1CCCC1NCCC(=O)O. The lowest BCUT2D eigenvalue weighted by Crippen LogP contribution is -2.33. The van der Waals surface area contributed by atoms with Gasteiger partial charge in [0.2, 0.25) is 0 Å². The van der Waals surface area contributed by atoms with E-state index in [4.69, 9.17) is 5.11 Å². The molecule has 1 saturated carbocycles. The van der Waals surface area contributed by atoms with Crippen LogP contribution >= 0.6 is 0 Å². The molecule has 1 aliphatic carbocycles. The van der Waals surface area contributed by atoms with E-state index in [1.807, 2.05) is 0 Å². The lowest BCUT2D eigenvalue weighted by atomic mass is 9.97. The Morgan fingerprint density at radius 3 is 2.93 bits per heavy atom. The topological polar surface area (TPSA) is 49.3 Å². The van der Waals surface area contributed by atoms with Gasteiger partial charge in [-0.15, -0.1) is 0 Å². The predicted molar refractivity (Wildman–Crippen MR) is 60.9 cm³/mol. The Balaban J connectivity index is 2.17. The zero-order valence-electron chi connectivity index (χ0n) is 9.67. The van der Waals surface area contributed by atoms with E-state index in [9.17, 15) is 4.79 Å². The number of carboxylic acids is 1. The molecule has 0 aliphatic heterocycles. The summed E-state index contributed by atoms with van der Waals surface area (Å²) in [6, 6.07) is 0.580. The molecule has 0 saturated heterocycles. The molecule has 15 heavy (non-hydrogen) atoms. The van der Waals surface area contributed by atoms with Crippen LogP contribution in [0.3, 0.4) is 0 Å². The van der Waals surface area contributed by atoms with Crippen LogP contribution in [0.15, 0.2) is 0 Å². The number of hydrogen-bond acceptors (Lipinski definition) is 2. The predicted octanol–water partition coefficient (Wildman–Crippen LogP) is 2.41. The van der Waals surface area contributed by atoms with Crippen LogP contribution in [0.25, 0.3) is 0 Å². The van der Waals surface area contributed by atoms with Crippen LogP contribution < -0.4 is 5.32 Å². The normalized spacial score (nSPS) is 25.7. The van der Waals surface area contributed by atoms with Gasteiger partial charge in [-0.3, -0.25) is 4.79 Å². The van der Waals surface area contributed by atoms with Gasteiger partial charge in [-0.2, -0.15) is 0 Å². The highest BCUT2D eigenvalue weighted by Crippen LogP contribution is 2.29. The molecule has 0 amide bonds. The highest BCUT2D eigenvalue weighted by molar-refractivity contribution is 5.66. The first-order valence-corrected chi connectivity index (χ1v) is 6.19. The lowest BCUT2D eigenvalue weighted by Gasteiger charge is -2.20. The maximum absolute atomic E-state index is 10.4. The second kappa shape index (κ2) is 6.83. The number of aliphatic carboxylic acids is 1. The highest BCUT2D eigenvalue weighted by atomic mass is 16.4. The molecule has 0 aromatic rings. The van der Waals surface area contributed by atoms with E-state index in [1.165, 1.54) is 38.5 Å². The summed E-state index contributed by atoms with van der Waals surface area (Å²) in [5.74, 6) is 0.0874. The van der Waals surface area contributed by atoms with Crippen molar-refractivity contribution in [1.82, 2.24) is 5.32 Å². The molecule has 1 rings (SSSR count). The minimum absolute atomic E-state index is 0.247. The number of hydrogen-bond donors (Lipinski definition) is 2. The first-order valence-electron chi connectivity index (χ1n) is 6.19. The Morgan fingerprint density at radius 2 is 2.27 bits per heavy atom. The van der Waals surface area contributed by atoms with Crippen molar-refractivity contribution in [3.05, 3.63) is 0 Å². The van der Waals surface area contributed by atoms with Gasteiger partial charge in [0.25, 0.3) is 0 Å². The van der Waals surface area contributed by atoms with E-state index in [1.54, 1.807) is 0 Å². The summed E-state index contributed by atoms with van der Waals surface area (Å²) >= 11 is 0. The molecule has 1 aliphatic rings. The maximum atomic E-state index is 10.4. The summed E-state index contributed by atoms with van der Waals surface area (Å²) < 4.78 is 0. The van der Waals surface area contributed by atoms with Gasteiger partial charge in [-0.1, -0.05) is 26.2 Å². The summed E-state index contributed by atoms with van der Waals surface area (Å²) in [5, 5.41) is 11.9. The van der Waals surface area contributed by atoms with Gasteiger partial charge in [0.05, 0.1) is 6.42 Å². The molecule has 88 valence electrons. The third-order valence-electron chi connectivity index (χ3n) is 3.33. The quantitative estimate of drug-likeness (QED) is 0.682. The monoisotopic (exact) mass is 213 g/mol. The zero-order chi connectivity index (χ0) is 11.1. The van der Waals surface area contributed by atoms with Crippen LogP contribution in [0, 0.1) is 5.92 Å². The second-order valence-electron chi connectivity index (χ2n) is 4.54. The first-order chi connectivity index (χ1) is 7.24. The second-order valence-corrected chi connectivity index (χ2v) is 4.54. The molecular formula is C12H23NO2. The Hall–Kier alpha value is -0.570. The molecule has 0 spiro atoms. The number of rotatable bonds is 7. The molecule has 0 radical (unpaired) electrons. The van der Waals surface area contributed by atoms with Crippen LogP contribution in [0.4, 0.5) is 0 Å². The summed E-state index contributed by atoms with van der Waals surface area (Å²) in [4.78, 5) is 10.4. The number of carbonyl (C=O) groups is 1. The highest BCUT2D eigenvalue weighted by Gasteiger charge is 2.25. The fraction of sp³-hybridized carbons (Fsp3) is 0.917. The molecule has 0 bridgehead atoms. The number of carboxylic acid groups (broad SMARTS) is 1. The van der Waals surface area contributed by atoms with Crippen LogP contribution in [0.1, 0.15) is 51.9 Å². The molecule has 0 aromatic heterocycles. The smallest absolute Gasteiger partial charge is 0.304 e. The van der Waals surface area contributed by atoms with Crippen molar-refractivity contribution in [2.45, 2.75) is 57.9 Å². The summed E-state index contributed by atoms with van der Waals surface area (Å²) in [5.41, 5.74) is 0. The van der Waals surface area contributed by atoms with E-state index in [0.29, 0.717) is 12.6 Å². The van der Waals surface area contributed by atoms with Crippen molar-refractivity contribution in [2.75, 3.05) is 6.54 Å². The number of nitrogens with one attached hydrogen (secondary N) is 1. The van der Waals surface area contributed by atoms with Gasteiger partial charge >= 0.3 is 5.97 Å². The fourth-order valence-electron chi connectivity index (χ4n) is 2.48. The Morgan fingerprint density at radius 1 is 1.47 bits per heavy atom. The van der Waals surface area contributed by atoms with Crippen LogP contribution in [-0.4, -0.2) is 23.7 Å². The summed E-state index contributed by atoms with van der Waals surface area (Å²) in [6.07, 6.45) is 7.98. The largest absolute Gasteiger partial charge is 0.481 e. The van der Waals surface area contributed by atoms with E-state index < -0.39 is 5.97 Å². The molecule has 2 N–H and O–H groups in total. The number of unbranched alkanes of at least 4 members (excludes halogenated alkanes) is 1. The Labute approximate surface area is 92.3 Å². The average Bonchev–Trinajstić information content (AvgIpc) is 2.62. The molecule has 0 aromatic carbocycles. The minimum atomic E-state index is -0.703. The fourth-order valence-corrected chi connectivity index (χ4v) is 2.48. The van der Waals surface area contributed by atoms with Gasteiger partial charge in [-0.25, -0.2) is 0 Å². The molecule has 0 heterocycles. The Kier molecular flexibility index (Phi) is 5.69. The summed E-state index contributed by atoms with van der Waals surface area (Å²) in [6.45, 7) is 2.85. The maximum Gasteiger partial charge on any atom is 0.304 e. The van der Waals surface area contributed by atoms with Crippen molar-refractivity contribution >= 4 is 5.97 Å². The lowest BCUT2D eigenvalue weighted by molar-refractivity contribution is -0.136. The molecule has 2 atom stereocenters. The van der Waals surface area contributed by atoms with Crippen molar-refractivity contribution in [1.29, 1.82) is 0 Å². The van der Waals surface area contributed by atoms with E-state index >= 15 is 0 Å². The van der Waals surface area contributed by atoms with E-state index in [2.05, 4.69) is 12.2 Å². The minimum Gasteiger partial charge on any atom is -0.481 e. The zero-order valence-corrected chi connectivity index (χ0v) is 9.67. The third kappa shape index (κ3) is 4.65. The van der Waals surface area contributed by atoms with E-state index in [0.717, 1.165) is 5.92 Å². The molecule has 2 unspecified atom stereocenters. The van der Waals surface area contributed by atoms with Crippen molar-refractivity contribution in [3.8, 4) is 0 Å².